The summed E-state index contributed by atoms with van der Waals surface area (Å²) in [5.74, 6) is 0. The molecule has 0 N–H and O–H groups in total. The standard InChI is InChI=1S/C12H10N.2CH3.Sn.H/c1-3-7-11(8-4-1)13-12-9-5-2-6-10-12;;;;/h1-10H;2*1H3;;/q-1;;;+1;. The molecule has 0 atom stereocenters. The fourth-order valence-corrected chi connectivity index (χ4v) is 6.31. The monoisotopic (exact) mass is 319 g/mol. The van der Waals surface area contributed by atoms with E-state index >= 15 is 0 Å². The van der Waals surface area contributed by atoms with E-state index in [1.807, 2.05) is 0 Å². The number of rotatable bonds is 3. The molecule has 16 heavy (non-hydrogen) atoms. The molecule has 0 radical (unpaired) electrons. The molecule has 0 heterocycles. The van der Waals surface area contributed by atoms with Crippen molar-refractivity contribution < 1.29 is 0 Å². The Morgan fingerprint density at radius 3 is 1.38 bits per heavy atom. The number of nitrogens with zero attached hydrogens (tertiary/aromatic N) is 1. The Balaban J connectivity index is 2.40. The van der Waals surface area contributed by atoms with Crippen molar-refractivity contribution in [1.82, 2.24) is 0 Å². The first-order valence-corrected chi connectivity index (χ1v) is 13.7. The minimum atomic E-state index is -1.60. The quantitative estimate of drug-likeness (QED) is 0.778. The summed E-state index contributed by atoms with van der Waals surface area (Å²) in [7, 11) is 0. The summed E-state index contributed by atoms with van der Waals surface area (Å²) in [6, 6.07) is 21.4. The molecule has 0 spiro atoms. The van der Waals surface area contributed by atoms with Crippen molar-refractivity contribution in [2.24, 2.45) is 0 Å². The van der Waals surface area contributed by atoms with Gasteiger partial charge in [-0.05, 0) is 0 Å². The Hall–Kier alpha value is -0.961. The van der Waals surface area contributed by atoms with E-state index in [4.69, 9.17) is 0 Å². The van der Waals surface area contributed by atoms with Crippen LogP contribution in [0.3, 0.4) is 0 Å². The van der Waals surface area contributed by atoms with E-state index in [2.05, 4.69) is 73.7 Å². The molecule has 0 bridgehead atoms. The van der Waals surface area contributed by atoms with E-state index in [1.165, 1.54) is 11.4 Å². The van der Waals surface area contributed by atoms with Crippen LogP contribution < -0.4 is 3.12 Å². The van der Waals surface area contributed by atoms with Crippen molar-refractivity contribution in [2.45, 2.75) is 9.88 Å². The zero-order valence-electron chi connectivity index (χ0n) is 9.80. The number of para-hydroxylation sites is 2. The third-order valence-electron chi connectivity index (χ3n) is 2.59. The van der Waals surface area contributed by atoms with E-state index in [0.29, 0.717) is 0 Å². The predicted octanol–water partition coefficient (Wildman–Crippen LogP) is 3.81. The van der Waals surface area contributed by atoms with Crippen molar-refractivity contribution in [3.05, 3.63) is 60.7 Å². The van der Waals surface area contributed by atoms with Crippen molar-refractivity contribution in [1.29, 1.82) is 0 Å². The van der Waals surface area contributed by atoms with Crippen molar-refractivity contribution >= 4 is 31.4 Å². The summed E-state index contributed by atoms with van der Waals surface area (Å²) in [4.78, 5) is 4.84. The van der Waals surface area contributed by atoms with Crippen LogP contribution in [0.4, 0.5) is 11.4 Å². The van der Waals surface area contributed by atoms with E-state index in [-0.39, 0.29) is 0 Å². The first-order valence-electron chi connectivity index (χ1n) is 5.68. The predicted molar refractivity (Wildman–Crippen MR) is 73.9 cm³/mol. The van der Waals surface area contributed by atoms with Crippen LogP contribution in [0, 0.1) is 0 Å². The van der Waals surface area contributed by atoms with Crippen LogP contribution in [0.1, 0.15) is 0 Å². The average Bonchev–Trinajstić information content (AvgIpc) is 2.31. The maximum absolute atomic E-state index is 2.54. The molecular weight excluding hydrogens is 301 g/mol. The molecule has 0 aliphatic carbocycles. The van der Waals surface area contributed by atoms with Gasteiger partial charge in [-0.2, -0.15) is 0 Å². The Labute approximate surface area is 105 Å². The second kappa shape index (κ2) is 5.39. The number of benzene rings is 2. The van der Waals surface area contributed by atoms with E-state index in [9.17, 15) is 0 Å². The van der Waals surface area contributed by atoms with Gasteiger partial charge in [0.1, 0.15) is 0 Å². The molecule has 0 fully saturated rings. The number of hydrogen-bond acceptors (Lipinski definition) is 1. The molecule has 0 aliphatic rings. The second-order valence-corrected chi connectivity index (χ2v) is 11.9. The summed E-state index contributed by atoms with van der Waals surface area (Å²) < 4.78 is 2.54. The van der Waals surface area contributed by atoms with Gasteiger partial charge in [0, 0.05) is 0 Å². The Morgan fingerprint density at radius 2 is 1.06 bits per heavy atom. The molecule has 0 saturated heterocycles. The van der Waals surface area contributed by atoms with E-state index < -0.39 is 20.0 Å². The van der Waals surface area contributed by atoms with E-state index in [1.54, 1.807) is 0 Å². The molecule has 0 aromatic heterocycles. The molecule has 0 saturated carbocycles. The Morgan fingerprint density at radius 1 is 0.688 bits per heavy atom. The summed E-state index contributed by atoms with van der Waals surface area (Å²) in [5.41, 5.74) is 2.67. The fourth-order valence-electron chi connectivity index (χ4n) is 1.92. The van der Waals surface area contributed by atoms with Crippen LogP contribution in [0.15, 0.2) is 60.7 Å². The molecular formula is C14H17NSn. The van der Waals surface area contributed by atoms with Gasteiger partial charge in [0.05, 0.1) is 0 Å². The van der Waals surface area contributed by atoms with Crippen LogP contribution in [0.2, 0.25) is 9.88 Å². The first kappa shape index (κ1) is 11.5. The normalized spacial score (nSPS) is 10.4. The summed E-state index contributed by atoms with van der Waals surface area (Å²) in [6.45, 7) is 0. The molecule has 2 aromatic carbocycles. The molecule has 2 heteroatoms. The van der Waals surface area contributed by atoms with Gasteiger partial charge in [-0.3, -0.25) is 0 Å². The van der Waals surface area contributed by atoms with Crippen molar-refractivity contribution in [2.75, 3.05) is 3.12 Å². The van der Waals surface area contributed by atoms with Gasteiger partial charge >= 0.3 is 105 Å². The Kier molecular flexibility index (Phi) is 3.88. The van der Waals surface area contributed by atoms with Crippen molar-refractivity contribution in [3.8, 4) is 0 Å². The van der Waals surface area contributed by atoms with Crippen LogP contribution >= 0.6 is 0 Å². The van der Waals surface area contributed by atoms with Gasteiger partial charge in [-0.1, -0.05) is 0 Å². The second-order valence-electron chi connectivity index (χ2n) is 4.13. The SMILES string of the molecule is [CH3][SnH]([CH3])[N](c1ccccc1)c1ccccc1. The van der Waals surface area contributed by atoms with Gasteiger partial charge in [0.2, 0.25) is 0 Å². The van der Waals surface area contributed by atoms with Gasteiger partial charge in [0.25, 0.3) is 0 Å². The zero-order chi connectivity index (χ0) is 11.4. The summed E-state index contributed by atoms with van der Waals surface area (Å²) >= 11 is -1.60. The third kappa shape index (κ3) is 2.58. The van der Waals surface area contributed by atoms with Crippen LogP contribution in [0.5, 0.6) is 0 Å². The van der Waals surface area contributed by atoms with Gasteiger partial charge in [0.15, 0.2) is 0 Å². The first-order chi connectivity index (χ1) is 7.79. The van der Waals surface area contributed by atoms with Gasteiger partial charge < -0.3 is 0 Å². The molecule has 0 aliphatic heterocycles. The van der Waals surface area contributed by atoms with Crippen molar-refractivity contribution in [3.63, 3.8) is 0 Å². The topological polar surface area (TPSA) is 3.24 Å². The van der Waals surface area contributed by atoms with Gasteiger partial charge in [-0.25, -0.2) is 0 Å². The fraction of sp³-hybridized carbons (Fsp3) is 0.143. The third-order valence-corrected chi connectivity index (χ3v) is 7.23. The van der Waals surface area contributed by atoms with Crippen LogP contribution in [-0.4, -0.2) is 20.0 Å². The minimum absolute atomic E-state index is 1.33. The molecule has 0 amide bonds. The zero-order valence-corrected chi connectivity index (χ0v) is 13.1. The molecule has 0 unspecified atom stereocenters. The maximum atomic E-state index is 2.54. The molecule has 2 aromatic rings. The van der Waals surface area contributed by atoms with Crippen LogP contribution in [0.25, 0.3) is 0 Å². The molecule has 1 nitrogen and oxygen atoms in total. The Bertz CT molecular complexity index is 386. The summed E-state index contributed by atoms with van der Waals surface area (Å²) in [6.07, 6.45) is 0. The van der Waals surface area contributed by atoms with E-state index in [0.717, 1.165) is 0 Å². The molecule has 82 valence electrons. The van der Waals surface area contributed by atoms with Gasteiger partial charge in [-0.15, -0.1) is 0 Å². The molecule has 2 rings (SSSR count). The number of anilines is 2. The number of hydrogen-bond donors (Lipinski definition) is 0. The van der Waals surface area contributed by atoms with Crippen LogP contribution in [-0.2, 0) is 0 Å². The summed E-state index contributed by atoms with van der Waals surface area (Å²) in [5, 5.41) is 0. The average molecular weight is 318 g/mol.